The largest absolute Gasteiger partial charge is 0.466 e. The molecule has 0 spiro atoms. The SMILES string of the molecule is CCCCCC/C=C\CCCCCOC(C)=O. The molecule has 0 heterocycles. The zero-order chi connectivity index (χ0) is 12.8. The molecular weight excluding hydrogens is 212 g/mol. The van der Waals surface area contributed by atoms with Gasteiger partial charge in [-0.25, -0.2) is 0 Å². The molecule has 0 amide bonds. The summed E-state index contributed by atoms with van der Waals surface area (Å²) in [6, 6.07) is 0. The van der Waals surface area contributed by atoms with E-state index in [-0.39, 0.29) is 5.97 Å². The first-order chi connectivity index (χ1) is 8.27. The lowest BCUT2D eigenvalue weighted by Crippen LogP contribution is -1.99. The number of esters is 1. The molecule has 0 unspecified atom stereocenters. The molecule has 0 bridgehead atoms. The number of hydrogen-bond acceptors (Lipinski definition) is 2. The van der Waals surface area contributed by atoms with Gasteiger partial charge in [0, 0.05) is 6.92 Å². The molecule has 0 aliphatic rings. The van der Waals surface area contributed by atoms with E-state index in [2.05, 4.69) is 19.1 Å². The number of ether oxygens (including phenoxy) is 1. The van der Waals surface area contributed by atoms with Crippen molar-refractivity contribution in [3.8, 4) is 0 Å². The second kappa shape index (κ2) is 13.3. The lowest BCUT2D eigenvalue weighted by atomic mass is 10.1. The fourth-order valence-corrected chi connectivity index (χ4v) is 1.68. The molecule has 0 aromatic rings. The van der Waals surface area contributed by atoms with Crippen molar-refractivity contribution in [2.75, 3.05) is 6.61 Å². The number of carbonyl (C=O) groups is 1. The number of unbranched alkanes of at least 4 members (excludes halogenated alkanes) is 7. The highest BCUT2D eigenvalue weighted by Gasteiger charge is 1.92. The molecule has 0 aromatic carbocycles. The minimum Gasteiger partial charge on any atom is -0.466 e. The zero-order valence-electron chi connectivity index (χ0n) is 11.5. The van der Waals surface area contributed by atoms with Crippen LogP contribution in [0.15, 0.2) is 12.2 Å². The molecule has 0 N–H and O–H groups in total. The summed E-state index contributed by atoms with van der Waals surface area (Å²) in [6.45, 7) is 4.28. The molecule has 0 fully saturated rings. The standard InChI is InChI=1S/C15H28O2/c1-3-4-5-6-7-8-9-10-11-12-13-14-17-15(2)16/h8-9H,3-7,10-14H2,1-2H3/b9-8-. The van der Waals surface area contributed by atoms with Gasteiger partial charge in [0.2, 0.25) is 0 Å². The third-order valence-corrected chi connectivity index (χ3v) is 2.71. The molecule has 0 saturated carbocycles. The second-order valence-electron chi connectivity index (χ2n) is 4.51. The van der Waals surface area contributed by atoms with Crippen molar-refractivity contribution in [2.45, 2.75) is 71.6 Å². The van der Waals surface area contributed by atoms with Crippen molar-refractivity contribution in [3.63, 3.8) is 0 Å². The summed E-state index contributed by atoms with van der Waals surface area (Å²) in [6.07, 6.45) is 15.7. The maximum absolute atomic E-state index is 10.5. The normalized spacial score (nSPS) is 10.9. The minimum atomic E-state index is -0.169. The maximum atomic E-state index is 10.5. The average molecular weight is 240 g/mol. The first-order valence-corrected chi connectivity index (χ1v) is 7.05. The van der Waals surface area contributed by atoms with Crippen LogP contribution < -0.4 is 0 Å². The summed E-state index contributed by atoms with van der Waals surface area (Å²) >= 11 is 0. The molecule has 17 heavy (non-hydrogen) atoms. The van der Waals surface area contributed by atoms with Crippen LogP contribution in [0.25, 0.3) is 0 Å². The summed E-state index contributed by atoms with van der Waals surface area (Å²) in [5.74, 6) is -0.169. The van der Waals surface area contributed by atoms with Gasteiger partial charge in [-0.1, -0.05) is 38.3 Å². The Morgan fingerprint density at radius 1 is 0.941 bits per heavy atom. The highest BCUT2D eigenvalue weighted by molar-refractivity contribution is 5.65. The van der Waals surface area contributed by atoms with E-state index in [1.54, 1.807) is 0 Å². The first-order valence-electron chi connectivity index (χ1n) is 7.05. The minimum absolute atomic E-state index is 0.169. The topological polar surface area (TPSA) is 26.3 Å². The fourth-order valence-electron chi connectivity index (χ4n) is 1.68. The van der Waals surface area contributed by atoms with Gasteiger partial charge in [0.05, 0.1) is 6.61 Å². The van der Waals surface area contributed by atoms with Crippen LogP contribution in [-0.4, -0.2) is 12.6 Å². The third kappa shape index (κ3) is 15.2. The Morgan fingerprint density at radius 2 is 1.53 bits per heavy atom. The molecule has 100 valence electrons. The van der Waals surface area contributed by atoms with E-state index >= 15 is 0 Å². The Hall–Kier alpha value is -0.790. The van der Waals surface area contributed by atoms with Crippen LogP contribution in [0.4, 0.5) is 0 Å². The number of hydrogen-bond donors (Lipinski definition) is 0. The molecule has 0 saturated heterocycles. The summed E-state index contributed by atoms with van der Waals surface area (Å²) in [5, 5.41) is 0. The zero-order valence-corrected chi connectivity index (χ0v) is 11.5. The van der Waals surface area contributed by atoms with E-state index in [9.17, 15) is 4.79 Å². The lowest BCUT2D eigenvalue weighted by molar-refractivity contribution is -0.141. The quantitative estimate of drug-likeness (QED) is 0.299. The van der Waals surface area contributed by atoms with Crippen LogP contribution in [-0.2, 0) is 9.53 Å². The van der Waals surface area contributed by atoms with Crippen molar-refractivity contribution < 1.29 is 9.53 Å². The Bertz CT molecular complexity index is 197. The summed E-state index contributed by atoms with van der Waals surface area (Å²) < 4.78 is 4.87. The molecule has 0 radical (unpaired) electrons. The molecule has 0 aliphatic carbocycles. The molecule has 0 aromatic heterocycles. The maximum Gasteiger partial charge on any atom is 0.302 e. The van der Waals surface area contributed by atoms with Gasteiger partial charge in [0.15, 0.2) is 0 Å². The van der Waals surface area contributed by atoms with Gasteiger partial charge in [-0.05, 0) is 38.5 Å². The lowest BCUT2D eigenvalue weighted by Gasteiger charge is -2.00. The van der Waals surface area contributed by atoms with Gasteiger partial charge < -0.3 is 4.74 Å². The summed E-state index contributed by atoms with van der Waals surface area (Å²) in [5.41, 5.74) is 0. The van der Waals surface area contributed by atoms with Crippen molar-refractivity contribution in [1.29, 1.82) is 0 Å². The van der Waals surface area contributed by atoms with Crippen molar-refractivity contribution in [3.05, 3.63) is 12.2 Å². The average Bonchev–Trinajstić information content (AvgIpc) is 2.30. The molecule has 0 rings (SSSR count). The van der Waals surface area contributed by atoms with Crippen LogP contribution >= 0.6 is 0 Å². The second-order valence-corrected chi connectivity index (χ2v) is 4.51. The highest BCUT2D eigenvalue weighted by Crippen LogP contribution is 2.05. The smallest absolute Gasteiger partial charge is 0.302 e. The van der Waals surface area contributed by atoms with Crippen molar-refractivity contribution in [2.24, 2.45) is 0 Å². The van der Waals surface area contributed by atoms with Gasteiger partial charge >= 0.3 is 5.97 Å². The van der Waals surface area contributed by atoms with Crippen molar-refractivity contribution >= 4 is 5.97 Å². The van der Waals surface area contributed by atoms with E-state index in [4.69, 9.17) is 4.74 Å². The molecule has 0 atom stereocenters. The van der Waals surface area contributed by atoms with Crippen LogP contribution in [0, 0.1) is 0 Å². The first kappa shape index (κ1) is 16.2. The van der Waals surface area contributed by atoms with Gasteiger partial charge in [-0.15, -0.1) is 0 Å². The van der Waals surface area contributed by atoms with Gasteiger partial charge in [0.1, 0.15) is 0 Å². The van der Waals surface area contributed by atoms with E-state index in [1.807, 2.05) is 0 Å². The highest BCUT2D eigenvalue weighted by atomic mass is 16.5. The molecule has 0 aliphatic heterocycles. The van der Waals surface area contributed by atoms with Crippen LogP contribution in [0.2, 0.25) is 0 Å². The van der Waals surface area contributed by atoms with E-state index in [0.29, 0.717) is 6.61 Å². The number of carbonyl (C=O) groups excluding carboxylic acids is 1. The number of allylic oxidation sites excluding steroid dienone is 2. The predicted molar refractivity (Wildman–Crippen MR) is 73.0 cm³/mol. The fraction of sp³-hybridized carbons (Fsp3) is 0.800. The van der Waals surface area contributed by atoms with Crippen LogP contribution in [0.5, 0.6) is 0 Å². The number of rotatable bonds is 11. The van der Waals surface area contributed by atoms with E-state index in [1.165, 1.54) is 45.4 Å². The molecule has 2 heteroatoms. The monoisotopic (exact) mass is 240 g/mol. The van der Waals surface area contributed by atoms with E-state index in [0.717, 1.165) is 19.3 Å². The van der Waals surface area contributed by atoms with Gasteiger partial charge in [0.25, 0.3) is 0 Å². The molecule has 2 nitrogen and oxygen atoms in total. The third-order valence-electron chi connectivity index (χ3n) is 2.71. The Morgan fingerprint density at radius 3 is 2.06 bits per heavy atom. The Kier molecular flexibility index (Phi) is 12.7. The summed E-state index contributed by atoms with van der Waals surface area (Å²) in [4.78, 5) is 10.5. The van der Waals surface area contributed by atoms with E-state index < -0.39 is 0 Å². The van der Waals surface area contributed by atoms with Crippen LogP contribution in [0.3, 0.4) is 0 Å². The van der Waals surface area contributed by atoms with Gasteiger partial charge in [-0.2, -0.15) is 0 Å². The Labute approximate surface area is 106 Å². The summed E-state index contributed by atoms with van der Waals surface area (Å²) in [7, 11) is 0. The predicted octanol–water partition coefficient (Wildman–Crippen LogP) is 4.64. The Balaban J connectivity index is 3.06. The van der Waals surface area contributed by atoms with Crippen LogP contribution in [0.1, 0.15) is 71.6 Å². The van der Waals surface area contributed by atoms with Gasteiger partial charge in [-0.3, -0.25) is 4.79 Å². The molecular formula is C15H28O2. The van der Waals surface area contributed by atoms with Crippen molar-refractivity contribution in [1.82, 2.24) is 0 Å².